The molecule has 0 radical (unpaired) electrons. The molecule has 0 atom stereocenters. The number of carbonyl (C=O) groups is 2. The van der Waals surface area contributed by atoms with Crippen molar-refractivity contribution < 1.29 is 19.1 Å². The van der Waals surface area contributed by atoms with E-state index in [2.05, 4.69) is 4.74 Å². The molecule has 4 nitrogen and oxygen atoms in total. The smallest absolute Gasteiger partial charge is 0.334 e. The first-order valence-electron chi connectivity index (χ1n) is 7.22. The fourth-order valence-corrected chi connectivity index (χ4v) is 2.01. The van der Waals surface area contributed by atoms with Crippen LogP contribution in [0.25, 0.3) is 0 Å². The van der Waals surface area contributed by atoms with Crippen LogP contribution in [0.1, 0.15) is 11.1 Å². The van der Waals surface area contributed by atoms with E-state index in [0.717, 1.165) is 11.1 Å². The fourth-order valence-electron chi connectivity index (χ4n) is 2.01. The predicted molar refractivity (Wildman–Crippen MR) is 86.5 cm³/mol. The monoisotopic (exact) mass is 310 g/mol. The second-order valence-corrected chi connectivity index (χ2v) is 4.92. The van der Waals surface area contributed by atoms with Crippen molar-refractivity contribution >= 4 is 11.9 Å². The van der Waals surface area contributed by atoms with Crippen molar-refractivity contribution in [2.24, 2.45) is 0 Å². The molecule has 23 heavy (non-hydrogen) atoms. The molecule has 0 N–H and O–H groups in total. The third kappa shape index (κ3) is 5.43. The summed E-state index contributed by atoms with van der Waals surface area (Å²) in [7, 11) is 1.27. The molecule has 2 rings (SSSR count). The lowest BCUT2D eigenvalue weighted by atomic mass is 10.0. The van der Waals surface area contributed by atoms with E-state index in [0.29, 0.717) is 6.42 Å². The van der Waals surface area contributed by atoms with Crippen LogP contribution in [-0.2, 0) is 32.1 Å². The third-order valence-corrected chi connectivity index (χ3v) is 3.21. The lowest BCUT2D eigenvalue weighted by Gasteiger charge is -2.09. The Morgan fingerprint density at radius 3 is 2.04 bits per heavy atom. The number of hydrogen-bond acceptors (Lipinski definition) is 4. The zero-order valence-corrected chi connectivity index (χ0v) is 12.9. The Balaban J connectivity index is 2.08. The minimum Gasteiger partial charge on any atom is -0.466 e. The van der Waals surface area contributed by atoms with Gasteiger partial charge in [0, 0.05) is 18.1 Å². The number of methoxy groups -OCH3 is 1. The highest BCUT2D eigenvalue weighted by Gasteiger charge is 2.14. The normalized spacial score (nSPS) is 10.9. The van der Waals surface area contributed by atoms with Crippen LogP contribution in [0.15, 0.2) is 72.3 Å². The Kier molecular flexibility index (Phi) is 6.12. The number of esters is 2. The first kappa shape index (κ1) is 16.5. The molecule has 0 saturated carbocycles. The van der Waals surface area contributed by atoms with Gasteiger partial charge in [0.2, 0.25) is 0 Å². The highest BCUT2D eigenvalue weighted by Crippen LogP contribution is 2.12. The van der Waals surface area contributed by atoms with Crippen molar-refractivity contribution in [1.82, 2.24) is 0 Å². The second kappa shape index (κ2) is 8.54. The Morgan fingerprint density at radius 1 is 0.913 bits per heavy atom. The van der Waals surface area contributed by atoms with E-state index in [9.17, 15) is 9.59 Å². The quantitative estimate of drug-likeness (QED) is 0.608. The lowest BCUT2D eigenvalue weighted by molar-refractivity contribution is -0.141. The van der Waals surface area contributed by atoms with E-state index in [1.807, 2.05) is 60.7 Å². The standard InChI is InChI=1S/C19H18O4/c1-22-18(20)13-17(12-15-8-4-2-5-9-15)19(21)23-14-16-10-6-3-7-11-16/h2-11,13H,12,14H2,1H3/b17-13-. The number of rotatable bonds is 6. The van der Waals surface area contributed by atoms with Crippen molar-refractivity contribution in [1.29, 1.82) is 0 Å². The van der Waals surface area contributed by atoms with Crippen LogP contribution in [0, 0.1) is 0 Å². The molecule has 0 aliphatic heterocycles. The maximum absolute atomic E-state index is 12.3. The zero-order valence-electron chi connectivity index (χ0n) is 12.9. The van der Waals surface area contributed by atoms with Crippen LogP contribution in [-0.4, -0.2) is 19.0 Å². The van der Waals surface area contributed by atoms with Crippen molar-refractivity contribution in [2.45, 2.75) is 13.0 Å². The Labute approximate surface area is 135 Å². The van der Waals surface area contributed by atoms with Crippen LogP contribution in [0.4, 0.5) is 0 Å². The average Bonchev–Trinajstić information content (AvgIpc) is 2.60. The van der Waals surface area contributed by atoms with Gasteiger partial charge in [-0.05, 0) is 11.1 Å². The van der Waals surface area contributed by atoms with Gasteiger partial charge in [-0.25, -0.2) is 9.59 Å². The van der Waals surface area contributed by atoms with Gasteiger partial charge in [0.1, 0.15) is 6.61 Å². The molecule has 118 valence electrons. The molecule has 4 heteroatoms. The summed E-state index contributed by atoms with van der Waals surface area (Å²) < 4.78 is 9.90. The lowest BCUT2D eigenvalue weighted by Crippen LogP contribution is -2.12. The molecular weight excluding hydrogens is 292 g/mol. The summed E-state index contributed by atoms with van der Waals surface area (Å²) in [5.41, 5.74) is 2.07. The van der Waals surface area contributed by atoms with Gasteiger partial charge in [0.25, 0.3) is 0 Å². The van der Waals surface area contributed by atoms with Crippen LogP contribution in [0.2, 0.25) is 0 Å². The van der Waals surface area contributed by atoms with Crippen LogP contribution >= 0.6 is 0 Å². The Bertz CT molecular complexity index is 675. The fraction of sp³-hybridized carbons (Fsp3) is 0.158. The summed E-state index contributed by atoms with van der Waals surface area (Å²) in [6.45, 7) is 0.160. The zero-order chi connectivity index (χ0) is 16.5. The maximum Gasteiger partial charge on any atom is 0.334 e. The summed E-state index contributed by atoms with van der Waals surface area (Å²) in [6, 6.07) is 18.8. The van der Waals surface area contributed by atoms with E-state index in [-0.39, 0.29) is 12.2 Å². The summed E-state index contributed by atoms with van der Waals surface area (Å²) in [5, 5.41) is 0. The highest BCUT2D eigenvalue weighted by molar-refractivity contribution is 5.96. The first-order chi connectivity index (χ1) is 11.2. The van der Waals surface area contributed by atoms with Gasteiger partial charge in [-0.15, -0.1) is 0 Å². The Hall–Kier alpha value is -2.88. The van der Waals surface area contributed by atoms with Gasteiger partial charge in [-0.3, -0.25) is 0 Å². The number of hydrogen-bond donors (Lipinski definition) is 0. The van der Waals surface area contributed by atoms with Crippen molar-refractivity contribution in [3.05, 3.63) is 83.4 Å². The minimum atomic E-state index is -0.576. The Morgan fingerprint density at radius 2 is 1.48 bits per heavy atom. The number of ether oxygens (including phenoxy) is 2. The molecule has 0 heterocycles. The number of benzene rings is 2. The highest BCUT2D eigenvalue weighted by atomic mass is 16.5. The van der Waals surface area contributed by atoms with E-state index in [4.69, 9.17) is 4.74 Å². The summed E-state index contributed by atoms with van der Waals surface area (Å²) in [4.78, 5) is 23.8. The van der Waals surface area contributed by atoms with E-state index in [1.54, 1.807) is 0 Å². The molecule has 0 aliphatic carbocycles. The van der Waals surface area contributed by atoms with Crippen LogP contribution < -0.4 is 0 Å². The average molecular weight is 310 g/mol. The minimum absolute atomic E-state index is 0.160. The molecule has 0 unspecified atom stereocenters. The molecule has 2 aromatic rings. The molecular formula is C19H18O4. The molecule has 0 aromatic heterocycles. The molecule has 0 amide bonds. The van der Waals surface area contributed by atoms with Gasteiger partial charge < -0.3 is 9.47 Å². The van der Waals surface area contributed by atoms with E-state index < -0.39 is 11.9 Å². The van der Waals surface area contributed by atoms with Gasteiger partial charge in [0.15, 0.2) is 0 Å². The SMILES string of the molecule is COC(=O)/C=C(/Cc1ccccc1)C(=O)OCc1ccccc1. The van der Waals surface area contributed by atoms with Gasteiger partial charge in [-0.1, -0.05) is 60.7 Å². The van der Waals surface area contributed by atoms with E-state index in [1.165, 1.54) is 13.2 Å². The largest absolute Gasteiger partial charge is 0.466 e. The van der Waals surface area contributed by atoms with Gasteiger partial charge in [-0.2, -0.15) is 0 Å². The van der Waals surface area contributed by atoms with Gasteiger partial charge >= 0.3 is 11.9 Å². The molecule has 0 fully saturated rings. The summed E-state index contributed by atoms with van der Waals surface area (Å²) in [5.74, 6) is -1.10. The molecule has 0 saturated heterocycles. The predicted octanol–water partition coefficient (Wildman–Crippen LogP) is 3.07. The molecule has 0 spiro atoms. The summed E-state index contributed by atoms with van der Waals surface area (Å²) in [6.07, 6.45) is 1.49. The molecule has 0 bridgehead atoms. The van der Waals surface area contributed by atoms with Crippen molar-refractivity contribution in [3.8, 4) is 0 Å². The molecule has 0 aliphatic rings. The topological polar surface area (TPSA) is 52.6 Å². The van der Waals surface area contributed by atoms with Gasteiger partial charge in [0.05, 0.1) is 7.11 Å². The molecule has 2 aromatic carbocycles. The summed E-state index contributed by atoms with van der Waals surface area (Å²) >= 11 is 0. The third-order valence-electron chi connectivity index (χ3n) is 3.21. The van der Waals surface area contributed by atoms with Crippen LogP contribution in [0.3, 0.4) is 0 Å². The van der Waals surface area contributed by atoms with Crippen LogP contribution in [0.5, 0.6) is 0 Å². The first-order valence-corrected chi connectivity index (χ1v) is 7.22. The van der Waals surface area contributed by atoms with E-state index >= 15 is 0 Å². The second-order valence-electron chi connectivity index (χ2n) is 4.92. The van der Waals surface area contributed by atoms with Crippen molar-refractivity contribution in [3.63, 3.8) is 0 Å². The maximum atomic E-state index is 12.3. The number of carbonyl (C=O) groups excluding carboxylic acids is 2. The van der Waals surface area contributed by atoms with Crippen molar-refractivity contribution in [2.75, 3.05) is 7.11 Å².